The molecule has 0 unspecified atom stereocenters. The molecule has 0 radical (unpaired) electrons. The molecule has 0 aliphatic carbocycles. The van der Waals surface area contributed by atoms with Gasteiger partial charge in [-0.05, 0) is 22.6 Å². The first-order valence-electron chi connectivity index (χ1n) is 5.03. The highest BCUT2D eigenvalue weighted by Crippen LogP contribution is 2.28. The molecule has 0 bridgehead atoms. The molecule has 2 atom stereocenters. The van der Waals surface area contributed by atoms with Gasteiger partial charge in [-0.1, -0.05) is 11.6 Å². The third-order valence-corrected chi connectivity index (χ3v) is 4.39. The van der Waals surface area contributed by atoms with Crippen LogP contribution in [0.3, 0.4) is 0 Å². The molecule has 2 aliphatic rings. The minimum absolute atomic E-state index is 0.180. The molecule has 3 rings (SSSR count). The molecule has 2 fully saturated rings. The highest BCUT2D eigenvalue weighted by molar-refractivity contribution is 14.1. The lowest BCUT2D eigenvalue weighted by molar-refractivity contribution is 0.0352. The van der Waals surface area contributed by atoms with Gasteiger partial charge in [0.15, 0.2) is 0 Å². The van der Waals surface area contributed by atoms with Crippen molar-refractivity contribution in [2.45, 2.75) is 12.2 Å². The molecule has 16 heavy (non-hydrogen) atoms. The Balaban J connectivity index is 1.81. The van der Waals surface area contributed by atoms with Gasteiger partial charge in [0, 0.05) is 25.4 Å². The summed E-state index contributed by atoms with van der Waals surface area (Å²) in [6.07, 6.45) is 2.15. The summed E-state index contributed by atoms with van der Waals surface area (Å²) in [4.78, 5) is 6.52. The van der Waals surface area contributed by atoms with E-state index >= 15 is 0 Å². The number of hydrogen-bond acceptors (Lipinski definition) is 4. The second-order valence-electron chi connectivity index (χ2n) is 3.89. The number of aromatic nitrogens is 1. The zero-order chi connectivity index (χ0) is 11.1. The van der Waals surface area contributed by atoms with Crippen LogP contribution in [0.1, 0.15) is 0 Å². The van der Waals surface area contributed by atoms with Gasteiger partial charge in [0.1, 0.15) is 24.8 Å². The number of hydrogen-bond donors (Lipinski definition) is 0. The van der Waals surface area contributed by atoms with Gasteiger partial charge >= 0.3 is 0 Å². The number of nitrogens with zero attached hydrogens (tertiary/aromatic N) is 2. The summed E-state index contributed by atoms with van der Waals surface area (Å²) < 4.78 is 11.9. The number of rotatable bonds is 1. The molecule has 1 aromatic heterocycles. The summed E-state index contributed by atoms with van der Waals surface area (Å²) in [6, 6.07) is 1.89. The lowest BCUT2D eigenvalue weighted by atomic mass is 10.3. The Morgan fingerprint density at radius 3 is 2.69 bits per heavy atom. The summed E-state index contributed by atoms with van der Waals surface area (Å²) in [6.45, 7) is 2.08. The molecule has 0 N–H and O–H groups in total. The summed E-state index contributed by atoms with van der Waals surface area (Å²) >= 11 is 8.24. The first-order chi connectivity index (χ1) is 7.74. The third-order valence-electron chi connectivity index (χ3n) is 2.90. The number of ether oxygens (including phenoxy) is 2. The Kier molecular flexibility index (Phi) is 2.95. The van der Waals surface area contributed by atoms with Crippen LogP contribution in [0.2, 0.25) is 5.02 Å². The molecule has 2 saturated heterocycles. The Morgan fingerprint density at radius 1 is 1.38 bits per heavy atom. The SMILES string of the molecule is Clc1cc(N2C[C@@H]3OCO[C@@H]3C2)ncc1I. The minimum atomic E-state index is 0.180. The fraction of sp³-hybridized carbons (Fsp3) is 0.500. The Hall–Kier alpha value is -0.110. The largest absolute Gasteiger partial charge is 0.351 e. The van der Waals surface area contributed by atoms with Crippen molar-refractivity contribution in [3.63, 3.8) is 0 Å². The van der Waals surface area contributed by atoms with Gasteiger partial charge < -0.3 is 14.4 Å². The molecule has 0 amide bonds. The zero-order valence-corrected chi connectivity index (χ0v) is 11.3. The van der Waals surface area contributed by atoms with E-state index in [1.807, 2.05) is 6.07 Å². The maximum Gasteiger partial charge on any atom is 0.147 e. The highest BCUT2D eigenvalue weighted by Gasteiger charge is 2.39. The van der Waals surface area contributed by atoms with Gasteiger partial charge in [-0.25, -0.2) is 4.98 Å². The van der Waals surface area contributed by atoms with E-state index in [4.69, 9.17) is 21.1 Å². The van der Waals surface area contributed by atoms with Crippen molar-refractivity contribution < 1.29 is 9.47 Å². The second kappa shape index (κ2) is 4.29. The average Bonchev–Trinajstić information content (AvgIpc) is 2.81. The van der Waals surface area contributed by atoms with Gasteiger partial charge in [-0.2, -0.15) is 0 Å². The number of anilines is 1. The zero-order valence-electron chi connectivity index (χ0n) is 8.40. The monoisotopic (exact) mass is 352 g/mol. The van der Waals surface area contributed by atoms with Gasteiger partial charge in [0.05, 0.1) is 8.59 Å². The number of pyridine rings is 1. The summed E-state index contributed by atoms with van der Waals surface area (Å²) in [7, 11) is 0. The normalized spacial score (nSPS) is 28.5. The number of halogens is 2. The van der Waals surface area contributed by atoms with Gasteiger partial charge in [0.2, 0.25) is 0 Å². The first-order valence-corrected chi connectivity index (χ1v) is 6.49. The topological polar surface area (TPSA) is 34.6 Å². The lowest BCUT2D eigenvalue weighted by Gasteiger charge is -2.18. The molecule has 86 valence electrons. The van der Waals surface area contributed by atoms with Crippen LogP contribution >= 0.6 is 34.2 Å². The Bertz CT molecular complexity index is 406. The van der Waals surface area contributed by atoms with E-state index in [9.17, 15) is 0 Å². The van der Waals surface area contributed by atoms with E-state index in [1.165, 1.54) is 0 Å². The van der Waals surface area contributed by atoms with E-state index in [0.29, 0.717) is 6.79 Å². The second-order valence-corrected chi connectivity index (χ2v) is 5.46. The molecule has 4 nitrogen and oxygen atoms in total. The van der Waals surface area contributed by atoms with Gasteiger partial charge in [-0.3, -0.25) is 0 Å². The van der Waals surface area contributed by atoms with Crippen molar-refractivity contribution >= 4 is 40.0 Å². The predicted molar refractivity (Wildman–Crippen MR) is 68.8 cm³/mol. The molecule has 0 spiro atoms. The van der Waals surface area contributed by atoms with E-state index < -0.39 is 0 Å². The summed E-state index contributed by atoms with van der Waals surface area (Å²) in [5, 5.41) is 0.740. The van der Waals surface area contributed by atoms with Crippen LogP contribution in [0.15, 0.2) is 12.3 Å². The number of fused-ring (bicyclic) bond motifs is 1. The molecule has 6 heteroatoms. The standard InChI is InChI=1S/C10H10ClIN2O2/c11-6-1-10(13-2-7(6)12)14-3-8-9(4-14)16-5-15-8/h1-2,8-9H,3-5H2/t8-,9+. The minimum Gasteiger partial charge on any atom is -0.351 e. The molecule has 3 heterocycles. The Morgan fingerprint density at radius 2 is 2.06 bits per heavy atom. The van der Waals surface area contributed by atoms with Crippen molar-refractivity contribution in [3.05, 3.63) is 20.9 Å². The molecular formula is C10H10ClIN2O2. The van der Waals surface area contributed by atoms with Crippen LogP contribution in [0.4, 0.5) is 5.82 Å². The maximum atomic E-state index is 6.08. The maximum absolute atomic E-state index is 6.08. The van der Waals surface area contributed by atoms with Crippen LogP contribution in [0.25, 0.3) is 0 Å². The van der Waals surface area contributed by atoms with Crippen molar-refractivity contribution in [3.8, 4) is 0 Å². The van der Waals surface area contributed by atoms with Crippen molar-refractivity contribution in [2.24, 2.45) is 0 Å². The predicted octanol–water partition coefficient (Wildman–Crippen LogP) is 1.90. The molecule has 0 saturated carbocycles. The van der Waals surface area contributed by atoms with Crippen molar-refractivity contribution in [2.75, 3.05) is 24.8 Å². The van der Waals surface area contributed by atoms with Gasteiger partial charge in [-0.15, -0.1) is 0 Å². The fourth-order valence-electron chi connectivity index (χ4n) is 2.04. The quantitative estimate of drug-likeness (QED) is 0.723. The average molecular weight is 353 g/mol. The third kappa shape index (κ3) is 1.90. The van der Waals surface area contributed by atoms with E-state index in [-0.39, 0.29) is 12.2 Å². The molecular weight excluding hydrogens is 342 g/mol. The molecule has 2 aliphatic heterocycles. The summed E-state index contributed by atoms with van der Waals surface area (Å²) in [5.74, 6) is 0.895. The van der Waals surface area contributed by atoms with Crippen molar-refractivity contribution in [1.82, 2.24) is 4.98 Å². The molecule has 1 aromatic rings. The van der Waals surface area contributed by atoms with Crippen LogP contribution in [0, 0.1) is 3.57 Å². The van der Waals surface area contributed by atoms with Crippen molar-refractivity contribution in [1.29, 1.82) is 0 Å². The fourth-order valence-corrected chi connectivity index (χ4v) is 2.48. The highest BCUT2D eigenvalue weighted by atomic mass is 127. The Labute approximate surface area is 112 Å². The van der Waals surface area contributed by atoms with Gasteiger partial charge in [0.25, 0.3) is 0 Å². The summed E-state index contributed by atoms with van der Waals surface area (Å²) in [5.41, 5.74) is 0. The van der Waals surface area contributed by atoms with Crippen LogP contribution in [0.5, 0.6) is 0 Å². The first kappa shape index (κ1) is 11.0. The van der Waals surface area contributed by atoms with E-state index in [2.05, 4.69) is 32.5 Å². The van der Waals surface area contributed by atoms with E-state index in [0.717, 1.165) is 27.5 Å². The van der Waals surface area contributed by atoms with Crippen LogP contribution in [-0.2, 0) is 9.47 Å². The molecule has 0 aromatic carbocycles. The van der Waals surface area contributed by atoms with Crippen LogP contribution in [-0.4, -0.2) is 37.1 Å². The lowest BCUT2D eigenvalue weighted by Crippen LogP contribution is -2.24. The smallest absolute Gasteiger partial charge is 0.147 e. The van der Waals surface area contributed by atoms with E-state index in [1.54, 1.807) is 6.20 Å². The van der Waals surface area contributed by atoms with Crippen LogP contribution < -0.4 is 4.90 Å².